The number of carbonyl (C=O) groups is 3. The van der Waals surface area contributed by atoms with Gasteiger partial charge in [0.15, 0.2) is 17.9 Å². The summed E-state index contributed by atoms with van der Waals surface area (Å²) in [6.07, 6.45) is 11.9. The fourth-order valence-electron chi connectivity index (χ4n) is 4.74. The molecule has 0 saturated heterocycles. The first-order valence-electron chi connectivity index (χ1n) is 11.8. The predicted molar refractivity (Wildman–Crippen MR) is 131 cm³/mol. The van der Waals surface area contributed by atoms with Crippen LogP contribution < -0.4 is 10.1 Å². The normalized spacial score (nSPS) is 18.2. The minimum absolute atomic E-state index is 0.0300. The van der Waals surface area contributed by atoms with Crippen molar-refractivity contribution in [1.82, 2.24) is 14.5 Å². The monoisotopic (exact) mass is 473 g/mol. The molecular weight excluding hydrogens is 446 g/mol. The second-order valence-electron chi connectivity index (χ2n) is 9.00. The van der Waals surface area contributed by atoms with Crippen LogP contribution in [0.15, 0.2) is 46.7 Å². The van der Waals surface area contributed by atoms with Crippen LogP contribution in [0.3, 0.4) is 0 Å². The molecule has 1 unspecified atom stereocenters. The molecule has 9 heteroatoms. The molecule has 2 aliphatic heterocycles. The van der Waals surface area contributed by atoms with Crippen molar-refractivity contribution >= 4 is 35.8 Å². The van der Waals surface area contributed by atoms with Crippen LogP contribution in [0.25, 0.3) is 0 Å². The van der Waals surface area contributed by atoms with E-state index in [1.807, 2.05) is 30.2 Å². The number of fused-ring (bicyclic) bond motifs is 3. The van der Waals surface area contributed by atoms with Crippen molar-refractivity contribution in [1.29, 1.82) is 0 Å². The van der Waals surface area contributed by atoms with E-state index in [9.17, 15) is 14.4 Å². The SMILES string of the molecule is Cc1cc2c(cc1OCCCC(=O)Nc1cn(C)c(C=O)n1)N=CC1CC3=C(C=CCC3)N1C2=O. The second-order valence-corrected chi connectivity index (χ2v) is 9.00. The first-order chi connectivity index (χ1) is 16.9. The lowest BCUT2D eigenvalue weighted by Crippen LogP contribution is -2.35. The maximum atomic E-state index is 13.4. The molecule has 1 aromatic carbocycles. The van der Waals surface area contributed by atoms with Crippen molar-refractivity contribution in [3.63, 3.8) is 0 Å². The molecule has 0 radical (unpaired) electrons. The van der Waals surface area contributed by atoms with E-state index < -0.39 is 0 Å². The first-order valence-corrected chi connectivity index (χ1v) is 11.8. The Morgan fingerprint density at radius 2 is 2.20 bits per heavy atom. The van der Waals surface area contributed by atoms with Crippen LogP contribution in [0.5, 0.6) is 5.75 Å². The topological polar surface area (TPSA) is 106 Å². The highest BCUT2D eigenvalue weighted by molar-refractivity contribution is 6.04. The van der Waals surface area contributed by atoms with Crippen molar-refractivity contribution in [3.8, 4) is 5.75 Å². The summed E-state index contributed by atoms with van der Waals surface area (Å²) < 4.78 is 7.48. The van der Waals surface area contributed by atoms with Crippen LogP contribution in [0.1, 0.15) is 58.6 Å². The van der Waals surface area contributed by atoms with Crippen LogP contribution in [0, 0.1) is 6.92 Å². The molecule has 0 saturated carbocycles. The standard InChI is InChI=1S/C26H27N5O4/c1-16-10-19-20(27-13-18-11-17-6-3-4-7-21(17)31(18)26(19)34)12-22(16)35-9-5-8-25(33)29-23-14-30(2)24(15-32)28-23/h4,7,10,12-15,18H,3,5-6,8-9,11H2,1-2H3,(H,29,33). The molecule has 2 amide bonds. The van der Waals surface area contributed by atoms with Gasteiger partial charge in [-0.2, -0.15) is 0 Å². The number of carbonyl (C=O) groups excluding carboxylic acids is 3. The number of hydrogen-bond donors (Lipinski definition) is 1. The zero-order valence-electron chi connectivity index (χ0n) is 19.8. The lowest BCUT2D eigenvalue weighted by atomic mass is 10.0. The van der Waals surface area contributed by atoms with Crippen LogP contribution in [-0.2, 0) is 11.8 Å². The molecule has 9 nitrogen and oxygen atoms in total. The minimum atomic E-state index is -0.205. The number of nitrogens with one attached hydrogen (secondary N) is 1. The third kappa shape index (κ3) is 4.41. The Labute approximate surface area is 203 Å². The maximum absolute atomic E-state index is 13.4. The molecule has 1 aromatic heterocycles. The Kier molecular flexibility index (Phi) is 6.07. The van der Waals surface area contributed by atoms with Crippen molar-refractivity contribution in [2.24, 2.45) is 12.0 Å². The van der Waals surface area contributed by atoms with E-state index in [-0.39, 0.29) is 30.1 Å². The van der Waals surface area contributed by atoms with Crippen molar-refractivity contribution in [3.05, 3.63) is 58.7 Å². The molecular formula is C26H27N5O4. The molecule has 0 spiro atoms. The Morgan fingerprint density at radius 1 is 1.34 bits per heavy atom. The van der Waals surface area contributed by atoms with E-state index in [0.717, 1.165) is 30.5 Å². The average Bonchev–Trinajstić information content (AvgIpc) is 3.36. The van der Waals surface area contributed by atoms with Gasteiger partial charge >= 0.3 is 0 Å². The van der Waals surface area contributed by atoms with Gasteiger partial charge in [0, 0.05) is 37.6 Å². The number of hydrogen-bond acceptors (Lipinski definition) is 6. The summed E-state index contributed by atoms with van der Waals surface area (Å²) in [4.78, 5) is 47.1. The number of aliphatic imine (C=N–C) groups is 1. The van der Waals surface area contributed by atoms with E-state index in [1.54, 1.807) is 17.8 Å². The zero-order chi connectivity index (χ0) is 24.5. The van der Waals surface area contributed by atoms with Gasteiger partial charge in [0.1, 0.15) is 5.75 Å². The summed E-state index contributed by atoms with van der Waals surface area (Å²) in [6, 6.07) is 3.60. The minimum Gasteiger partial charge on any atom is -0.493 e. The smallest absolute Gasteiger partial charge is 0.261 e. The number of aromatic nitrogens is 2. The first kappa shape index (κ1) is 22.8. The van der Waals surface area contributed by atoms with Crippen LogP contribution in [-0.4, -0.2) is 51.4 Å². The Morgan fingerprint density at radius 3 is 3.00 bits per heavy atom. The lowest BCUT2D eigenvalue weighted by molar-refractivity contribution is -0.116. The number of ether oxygens (including phenoxy) is 1. The zero-order valence-corrected chi connectivity index (χ0v) is 19.8. The Balaban J connectivity index is 1.21. The quantitative estimate of drug-likeness (QED) is 0.485. The highest BCUT2D eigenvalue weighted by Gasteiger charge is 2.37. The lowest BCUT2D eigenvalue weighted by Gasteiger charge is -2.23. The summed E-state index contributed by atoms with van der Waals surface area (Å²) in [5, 5.41) is 2.68. The summed E-state index contributed by atoms with van der Waals surface area (Å²) in [5.74, 6) is 1.00. The van der Waals surface area contributed by atoms with Gasteiger partial charge in [-0.1, -0.05) is 6.08 Å². The summed E-state index contributed by atoms with van der Waals surface area (Å²) in [7, 11) is 1.69. The number of nitrogens with zero attached hydrogens (tertiary/aromatic N) is 4. The molecule has 0 fully saturated rings. The van der Waals surface area contributed by atoms with E-state index >= 15 is 0 Å². The van der Waals surface area contributed by atoms with Crippen LogP contribution in [0.2, 0.25) is 0 Å². The molecule has 5 rings (SSSR count). The second kappa shape index (κ2) is 9.32. The molecule has 3 aliphatic rings. The number of benzene rings is 1. The molecule has 0 bridgehead atoms. The van der Waals surface area contributed by atoms with Crippen molar-refractivity contribution in [2.45, 2.75) is 45.1 Å². The molecule has 35 heavy (non-hydrogen) atoms. The van der Waals surface area contributed by atoms with Gasteiger partial charge in [-0.3, -0.25) is 24.3 Å². The van der Waals surface area contributed by atoms with Crippen LogP contribution >= 0.6 is 0 Å². The molecule has 3 heterocycles. The molecule has 1 N–H and O–H groups in total. The highest BCUT2D eigenvalue weighted by atomic mass is 16.5. The molecule has 1 aliphatic carbocycles. The van der Waals surface area contributed by atoms with Gasteiger partial charge < -0.3 is 14.6 Å². The van der Waals surface area contributed by atoms with Gasteiger partial charge in [-0.15, -0.1) is 0 Å². The van der Waals surface area contributed by atoms with Gasteiger partial charge in [-0.25, -0.2) is 4.98 Å². The maximum Gasteiger partial charge on any atom is 0.261 e. The number of aldehydes is 1. The third-order valence-electron chi connectivity index (χ3n) is 6.52. The van der Waals surface area contributed by atoms with Crippen molar-refractivity contribution in [2.75, 3.05) is 11.9 Å². The molecule has 2 aromatic rings. The van der Waals surface area contributed by atoms with Gasteiger partial charge in [0.05, 0.1) is 23.9 Å². The fourth-order valence-corrected chi connectivity index (χ4v) is 4.74. The molecule has 1 atom stereocenters. The number of amides is 2. The number of imidazole rings is 1. The third-order valence-corrected chi connectivity index (χ3v) is 6.52. The Bertz CT molecular complexity index is 1300. The van der Waals surface area contributed by atoms with E-state index in [0.29, 0.717) is 42.1 Å². The van der Waals surface area contributed by atoms with Gasteiger partial charge in [0.2, 0.25) is 5.91 Å². The summed E-state index contributed by atoms with van der Waals surface area (Å²) in [6.45, 7) is 2.24. The van der Waals surface area contributed by atoms with E-state index in [4.69, 9.17) is 4.74 Å². The summed E-state index contributed by atoms with van der Waals surface area (Å²) >= 11 is 0. The number of rotatable bonds is 7. The Hall–Kier alpha value is -4.01. The number of anilines is 1. The predicted octanol–water partition coefficient (Wildman–Crippen LogP) is 3.87. The van der Waals surface area contributed by atoms with E-state index in [1.165, 1.54) is 5.57 Å². The summed E-state index contributed by atoms with van der Waals surface area (Å²) in [5.41, 5.74) is 4.37. The highest BCUT2D eigenvalue weighted by Crippen LogP contribution is 2.40. The van der Waals surface area contributed by atoms with E-state index in [2.05, 4.69) is 27.4 Å². The number of aryl methyl sites for hydroxylation is 2. The largest absolute Gasteiger partial charge is 0.493 e. The number of allylic oxidation sites excluding steroid dienone is 2. The van der Waals surface area contributed by atoms with Crippen LogP contribution in [0.4, 0.5) is 11.5 Å². The van der Waals surface area contributed by atoms with Crippen molar-refractivity contribution < 1.29 is 19.1 Å². The van der Waals surface area contributed by atoms with Gasteiger partial charge in [0.25, 0.3) is 5.91 Å². The fraction of sp³-hybridized carbons (Fsp3) is 0.346. The molecule has 180 valence electrons. The average molecular weight is 474 g/mol. The van der Waals surface area contributed by atoms with Gasteiger partial charge in [-0.05, 0) is 55.9 Å².